The summed E-state index contributed by atoms with van der Waals surface area (Å²) in [5.41, 5.74) is 4.26. The second-order valence-electron chi connectivity index (χ2n) is 7.99. The fourth-order valence-corrected chi connectivity index (χ4v) is 3.92. The molecule has 0 amide bonds. The van der Waals surface area contributed by atoms with E-state index in [1.807, 2.05) is 48.7 Å². The minimum atomic E-state index is -0.583. The summed E-state index contributed by atoms with van der Waals surface area (Å²) in [5, 5.41) is 4.55. The van der Waals surface area contributed by atoms with E-state index in [2.05, 4.69) is 10.1 Å². The molecular formula is C27H25N3O6. The van der Waals surface area contributed by atoms with E-state index < -0.39 is 12.3 Å². The summed E-state index contributed by atoms with van der Waals surface area (Å²) in [6.07, 6.45) is 4.51. The molecular weight excluding hydrogens is 462 g/mol. The molecule has 36 heavy (non-hydrogen) atoms. The number of nitrogens with zero attached hydrogens (tertiary/aromatic N) is 3. The summed E-state index contributed by atoms with van der Waals surface area (Å²) in [4.78, 5) is 16.3. The van der Waals surface area contributed by atoms with E-state index in [9.17, 15) is 4.79 Å². The molecule has 1 aliphatic heterocycles. The van der Waals surface area contributed by atoms with Gasteiger partial charge in [-0.15, -0.1) is 0 Å². The van der Waals surface area contributed by atoms with Crippen molar-refractivity contribution >= 4 is 5.97 Å². The average molecular weight is 488 g/mol. The van der Waals surface area contributed by atoms with Crippen molar-refractivity contribution in [2.24, 2.45) is 0 Å². The van der Waals surface area contributed by atoms with Gasteiger partial charge in [-0.2, -0.15) is 5.10 Å². The molecule has 1 aliphatic rings. The molecule has 1 fully saturated rings. The summed E-state index contributed by atoms with van der Waals surface area (Å²) in [7, 11) is 2.98. The number of ether oxygens (including phenoxy) is 5. The van der Waals surface area contributed by atoms with Gasteiger partial charge in [0, 0.05) is 18.0 Å². The van der Waals surface area contributed by atoms with E-state index in [0.717, 1.165) is 28.1 Å². The van der Waals surface area contributed by atoms with Crippen LogP contribution in [0.15, 0.2) is 73.2 Å². The third-order valence-electron chi connectivity index (χ3n) is 5.76. The lowest BCUT2D eigenvalue weighted by Gasteiger charge is -2.19. The second-order valence-corrected chi connectivity index (χ2v) is 7.99. The highest BCUT2D eigenvalue weighted by Gasteiger charge is 2.27. The molecule has 2 aromatic carbocycles. The number of esters is 1. The van der Waals surface area contributed by atoms with Crippen LogP contribution < -0.4 is 9.47 Å². The molecule has 0 aliphatic carbocycles. The predicted molar refractivity (Wildman–Crippen MR) is 130 cm³/mol. The number of pyridine rings is 1. The van der Waals surface area contributed by atoms with Gasteiger partial charge in [0.25, 0.3) is 0 Å². The normalized spacial score (nSPS) is 13.5. The van der Waals surface area contributed by atoms with Gasteiger partial charge < -0.3 is 23.7 Å². The molecule has 0 unspecified atom stereocenters. The maximum absolute atomic E-state index is 11.9. The van der Waals surface area contributed by atoms with Gasteiger partial charge in [0.2, 0.25) is 0 Å². The van der Waals surface area contributed by atoms with Gasteiger partial charge in [0.15, 0.2) is 6.29 Å². The molecule has 0 saturated carbocycles. The zero-order valence-corrected chi connectivity index (χ0v) is 19.9. The Kier molecular flexibility index (Phi) is 6.92. The largest absolute Gasteiger partial charge is 0.497 e. The molecule has 184 valence electrons. The molecule has 0 spiro atoms. The van der Waals surface area contributed by atoms with Gasteiger partial charge in [-0.05, 0) is 42.0 Å². The topological polar surface area (TPSA) is 93.9 Å². The number of methoxy groups -OCH3 is 2. The lowest BCUT2D eigenvalue weighted by atomic mass is 10.1. The second kappa shape index (κ2) is 10.6. The highest BCUT2D eigenvalue weighted by Crippen LogP contribution is 2.37. The van der Waals surface area contributed by atoms with E-state index in [-0.39, 0.29) is 0 Å². The Hall–Kier alpha value is -4.21. The molecule has 1 saturated heterocycles. The Bertz CT molecular complexity index is 1350. The Balaban J connectivity index is 1.46. The predicted octanol–water partition coefficient (Wildman–Crippen LogP) is 4.35. The first-order valence-electron chi connectivity index (χ1n) is 11.4. The summed E-state index contributed by atoms with van der Waals surface area (Å²) in [6.45, 7) is 1.35. The Labute approximate surface area is 208 Å². The zero-order chi connectivity index (χ0) is 24.9. The Morgan fingerprint density at radius 2 is 1.89 bits per heavy atom. The summed E-state index contributed by atoms with van der Waals surface area (Å²) in [6, 6.07) is 16.7. The van der Waals surface area contributed by atoms with Gasteiger partial charge in [0.05, 0.1) is 56.1 Å². The van der Waals surface area contributed by atoms with Crippen LogP contribution in [0.5, 0.6) is 11.5 Å². The summed E-state index contributed by atoms with van der Waals surface area (Å²) >= 11 is 0. The standard InChI is InChI=1S/C27H25N3O6/c1-32-21-8-6-18(7-9-21)17-36-24-5-3-4-23(25(24)27-34-12-13-35-27)30-16-20(15-29-30)22-14-19(10-11-28-22)26(31)33-2/h3-11,14-16,27H,12-13,17H2,1-2H3. The van der Waals surface area contributed by atoms with Crippen LogP contribution in [-0.4, -0.2) is 48.2 Å². The molecule has 9 heteroatoms. The number of benzene rings is 2. The van der Waals surface area contributed by atoms with Crippen LogP contribution in [0.2, 0.25) is 0 Å². The van der Waals surface area contributed by atoms with Crippen molar-refractivity contribution < 1.29 is 28.5 Å². The molecule has 3 heterocycles. The van der Waals surface area contributed by atoms with Gasteiger partial charge in [-0.25, -0.2) is 9.48 Å². The van der Waals surface area contributed by atoms with E-state index in [1.54, 1.807) is 36.3 Å². The van der Waals surface area contributed by atoms with E-state index in [4.69, 9.17) is 23.7 Å². The molecule has 5 rings (SSSR count). The molecule has 2 aromatic heterocycles. The van der Waals surface area contributed by atoms with Crippen LogP contribution in [0.4, 0.5) is 0 Å². The molecule has 4 aromatic rings. The lowest BCUT2D eigenvalue weighted by Crippen LogP contribution is -2.09. The minimum Gasteiger partial charge on any atom is -0.497 e. The first-order valence-corrected chi connectivity index (χ1v) is 11.4. The van der Waals surface area contributed by atoms with Crippen molar-refractivity contribution in [3.8, 4) is 28.4 Å². The lowest BCUT2D eigenvalue weighted by molar-refractivity contribution is -0.0459. The molecule has 0 radical (unpaired) electrons. The van der Waals surface area contributed by atoms with E-state index in [1.165, 1.54) is 7.11 Å². The number of carbonyl (C=O) groups excluding carboxylic acids is 1. The van der Waals surface area contributed by atoms with Crippen LogP contribution in [-0.2, 0) is 20.8 Å². The van der Waals surface area contributed by atoms with E-state index >= 15 is 0 Å². The van der Waals surface area contributed by atoms with Crippen LogP contribution in [0, 0.1) is 0 Å². The number of hydrogen-bond acceptors (Lipinski definition) is 8. The fraction of sp³-hybridized carbons (Fsp3) is 0.222. The van der Waals surface area contributed by atoms with E-state index in [0.29, 0.717) is 36.8 Å². The maximum atomic E-state index is 11.9. The number of rotatable bonds is 8. The third kappa shape index (κ3) is 4.93. The minimum absolute atomic E-state index is 0.363. The maximum Gasteiger partial charge on any atom is 0.337 e. The first kappa shape index (κ1) is 23.5. The van der Waals surface area contributed by atoms with Gasteiger partial charge in [-0.3, -0.25) is 4.98 Å². The summed E-state index contributed by atoms with van der Waals surface area (Å²) in [5.74, 6) is 0.999. The van der Waals surface area contributed by atoms with Crippen molar-refractivity contribution in [3.05, 3.63) is 89.9 Å². The fourth-order valence-electron chi connectivity index (χ4n) is 3.92. The highest BCUT2D eigenvalue weighted by molar-refractivity contribution is 5.90. The molecule has 0 atom stereocenters. The first-order chi connectivity index (χ1) is 17.7. The van der Waals surface area contributed by atoms with Crippen LogP contribution in [0.3, 0.4) is 0 Å². The van der Waals surface area contributed by atoms with Crippen molar-refractivity contribution in [3.63, 3.8) is 0 Å². The van der Waals surface area contributed by atoms with Crippen molar-refractivity contribution in [2.75, 3.05) is 27.4 Å². The highest BCUT2D eigenvalue weighted by atomic mass is 16.7. The zero-order valence-electron chi connectivity index (χ0n) is 19.9. The van der Waals surface area contributed by atoms with Gasteiger partial charge >= 0.3 is 5.97 Å². The van der Waals surface area contributed by atoms with Gasteiger partial charge in [0.1, 0.15) is 18.1 Å². The van der Waals surface area contributed by atoms with Gasteiger partial charge in [-0.1, -0.05) is 18.2 Å². The summed E-state index contributed by atoms with van der Waals surface area (Å²) < 4.78 is 29.7. The molecule has 0 bridgehead atoms. The smallest absolute Gasteiger partial charge is 0.337 e. The van der Waals surface area contributed by atoms with Crippen LogP contribution in [0.25, 0.3) is 16.9 Å². The third-order valence-corrected chi connectivity index (χ3v) is 5.76. The van der Waals surface area contributed by atoms with Crippen molar-refractivity contribution in [1.29, 1.82) is 0 Å². The Morgan fingerprint density at radius 3 is 2.64 bits per heavy atom. The molecule has 9 nitrogen and oxygen atoms in total. The van der Waals surface area contributed by atoms with Crippen LogP contribution in [0.1, 0.15) is 27.8 Å². The number of aromatic nitrogens is 3. The monoisotopic (exact) mass is 487 g/mol. The quantitative estimate of drug-likeness (QED) is 0.339. The number of carbonyl (C=O) groups is 1. The van der Waals surface area contributed by atoms with Crippen LogP contribution >= 0.6 is 0 Å². The average Bonchev–Trinajstić information content (AvgIpc) is 3.64. The number of hydrogen-bond donors (Lipinski definition) is 0. The Morgan fingerprint density at radius 1 is 1.08 bits per heavy atom. The SMILES string of the molecule is COC(=O)c1ccnc(-c2cnn(-c3cccc(OCc4ccc(OC)cc4)c3C3OCCO3)c2)c1. The molecule has 0 N–H and O–H groups in total. The van der Waals surface area contributed by atoms with Crippen molar-refractivity contribution in [1.82, 2.24) is 14.8 Å². The van der Waals surface area contributed by atoms with Crippen molar-refractivity contribution in [2.45, 2.75) is 12.9 Å².